The van der Waals surface area contributed by atoms with Gasteiger partial charge in [0.15, 0.2) is 0 Å². The van der Waals surface area contributed by atoms with E-state index in [4.69, 9.17) is 0 Å². The highest BCUT2D eigenvalue weighted by Crippen LogP contribution is 2.39. The molecule has 0 saturated heterocycles. The number of pyridine rings is 1. The summed E-state index contributed by atoms with van der Waals surface area (Å²) >= 11 is 0. The number of nitrogens with one attached hydrogen (secondary N) is 2. The molecule has 0 atom stereocenters. The molecule has 0 spiro atoms. The average molecular weight is 375 g/mol. The van der Waals surface area contributed by atoms with Gasteiger partial charge >= 0.3 is 0 Å². The van der Waals surface area contributed by atoms with E-state index < -0.39 is 0 Å². The fraction of sp³-hybridized carbons (Fsp3) is 0.150. The lowest BCUT2D eigenvalue weighted by Gasteiger charge is -2.14. The average Bonchev–Trinajstić information content (AvgIpc) is 3.42. The Kier molecular flexibility index (Phi) is 3.48. The van der Waals surface area contributed by atoms with Crippen molar-refractivity contribution >= 4 is 22.4 Å². The summed E-state index contributed by atoms with van der Waals surface area (Å²) in [7, 11) is 3.63. The number of fused-ring (bicyclic) bond motifs is 2. The Hall–Kier alpha value is -3.68. The molecule has 2 N–H and O–H groups in total. The molecular formula is C20H18FN7. The van der Waals surface area contributed by atoms with E-state index in [1.807, 2.05) is 36.0 Å². The van der Waals surface area contributed by atoms with Gasteiger partial charge < -0.3 is 9.72 Å². The number of aromatic nitrogens is 6. The van der Waals surface area contributed by atoms with Crippen molar-refractivity contribution in [3.8, 4) is 22.4 Å². The maximum Gasteiger partial charge on any atom is 0.145 e. The van der Waals surface area contributed by atoms with Gasteiger partial charge in [0.05, 0.1) is 29.2 Å². The first kappa shape index (κ1) is 16.5. The van der Waals surface area contributed by atoms with Crippen molar-refractivity contribution in [1.82, 2.24) is 29.4 Å². The number of aryl methyl sites for hydroxylation is 1. The van der Waals surface area contributed by atoms with Crippen molar-refractivity contribution in [3.63, 3.8) is 0 Å². The third-order valence-electron chi connectivity index (χ3n) is 5.16. The number of benzene rings is 1. The summed E-state index contributed by atoms with van der Waals surface area (Å²) < 4.78 is 19.1. The van der Waals surface area contributed by atoms with Gasteiger partial charge in [0.2, 0.25) is 0 Å². The molecule has 0 saturated carbocycles. The second-order valence-electron chi connectivity index (χ2n) is 6.75. The Labute approximate surface area is 159 Å². The topological polar surface area (TPSA) is 75.8 Å². The monoisotopic (exact) mass is 375 g/mol. The van der Waals surface area contributed by atoms with Crippen LogP contribution in [0.3, 0.4) is 0 Å². The molecule has 5 rings (SSSR count). The third-order valence-corrected chi connectivity index (χ3v) is 5.16. The molecule has 7 nitrogen and oxygen atoms in total. The highest BCUT2D eigenvalue weighted by Gasteiger charge is 2.22. The lowest BCUT2D eigenvalue weighted by Crippen LogP contribution is -2.00. The van der Waals surface area contributed by atoms with Crippen LogP contribution in [0, 0.1) is 12.7 Å². The Morgan fingerprint density at radius 2 is 2.00 bits per heavy atom. The number of hydrogen-bond acceptors (Lipinski definition) is 4. The zero-order chi connectivity index (χ0) is 19.4. The van der Waals surface area contributed by atoms with Crippen molar-refractivity contribution in [3.05, 3.63) is 54.4 Å². The van der Waals surface area contributed by atoms with Crippen LogP contribution in [0.25, 0.3) is 38.9 Å². The molecule has 0 aliphatic carbocycles. The van der Waals surface area contributed by atoms with Crippen molar-refractivity contribution in [2.24, 2.45) is 7.05 Å². The normalized spacial score (nSPS) is 11.6. The van der Waals surface area contributed by atoms with Crippen LogP contribution in [0.4, 0.5) is 10.2 Å². The van der Waals surface area contributed by atoms with Crippen LogP contribution >= 0.6 is 0 Å². The molecule has 0 unspecified atom stereocenters. The van der Waals surface area contributed by atoms with Gasteiger partial charge in [-0.2, -0.15) is 10.2 Å². The van der Waals surface area contributed by atoms with Gasteiger partial charge in [-0.25, -0.2) is 9.37 Å². The van der Waals surface area contributed by atoms with Crippen LogP contribution in [0.15, 0.2) is 43.0 Å². The molecular weight excluding hydrogens is 357 g/mol. The molecule has 140 valence electrons. The second kappa shape index (κ2) is 5.91. The van der Waals surface area contributed by atoms with Gasteiger partial charge in [0, 0.05) is 31.9 Å². The van der Waals surface area contributed by atoms with Crippen LogP contribution in [0.2, 0.25) is 0 Å². The van der Waals surface area contributed by atoms with Crippen molar-refractivity contribution in [1.29, 1.82) is 0 Å². The van der Waals surface area contributed by atoms with E-state index in [1.165, 1.54) is 0 Å². The molecule has 0 fully saturated rings. The zero-order valence-corrected chi connectivity index (χ0v) is 15.7. The van der Waals surface area contributed by atoms with Gasteiger partial charge in [-0.05, 0) is 41.8 Å². The van der Waals surface area contributed by atoms with Crippen molar-refractivity contribution < 1.29 is 4.39 Å². The van der Waals surface area contributed by atoms with Crippen molar-refractivity contribution in [2.45, 2.75) is 6.92 Å². The molecule has 0 radical (unpaired) electrons. The summed E-state index contributed by atoms with van der Waals surface area (Å²) in [4.78, 5) is 4.47. The first-order valence-electron chi connectivity index (χ1n) is 8.89. The first-order valence-corrected chi connectivity index (χ1v) is 8.89. The molecule has 4 aromatic heterocycles. The quantitative estimate of drug-likeness (QED) is 0.503. The number of H-pyrrole nitrogens is 1. The molecule has 5 aromatic rings. The van der Waals surface area contributed by atoms with Gasteiger partial charge in [-0.15, -0.1) is 0 Å². The Balaban J connectivity index is 1.81. The summed E-state index contributed by atoms with van der Waals surface area (Å²) in [5.41, 5.74) is 4.93. The fourth-order valence-corrected chi connectivity index (χ4v) is 3.77. The minimum absolute atomic E-state index is 0.281. The van der Waals surface area contributed by atoms with E-state index >= 15 is 4.39 Å². The standard InChI is InChI=1S/C20H18FN7/c1-11-17(12-4-5-16-25-15(22-2)10-28(16)9-12)13-8-23-26-20(13)18(19(11)21)14-6-7-24-27(14)3/h4-10,22H,1-3H3,(H,23,26). The van der Waals surface area contributed by atoms with E-state index in [2.05, 4.69) is 25.6 Å². The number of imidazole rings is 1. The smallest absolute Gasteiger partial charge is 0.145 e. The maximum atomic E-state index is 15.6. The van der Waals surface area contributed by atoms with E-state index in [1.54, 1.807) is 37.1 Å². The number of anilines is 1. The predicted octanol–water partition coefficient (Wildman–Crippen LogP) is 3.77. The molecule has 0 bridgehead atoms. The molecule has 0 aliphatic rings. The minimum atomic E-state index is -0.281. The Morgan fingerprint density at radius 1 is 1.14 bits per heavy atom. The van der Waals surface area contributed by atoms with E-state index in [-0.39, 0.29) is 5.82 Å². The number of nitrogens with zero attached hydrogens (tertiary/aromatic N) is 5. The van der Waals surface area contributed by atoms with Gasteiger partial charge in [-0.3, -0.25) is 9.78 Å². The van der Waals surface area contributed by atoms with Gasteiger partial charge in [0.25, 0.3) is 0 Å². The lowest BCUT2D eigenvalue weighted by atomic mass is 9.93. The van der Waals surface area contributed by atoms with Crippen LogP contribution in [0.1, 0.15) is 5.56 Å². The van der Waals surface area contributed by atoms with Crippen molar-refractivity contribution in [2.75, 3.05) is 12.4 Å². The molecule has 4 heterocycles. The Morgan fingerprint density at radius 3 is 2.75 bits per heavy atom. The second-order valence-corrected chi connectivity index (χ2v) is 6.75. The molecule has 0 aliphatic heterocycles. The summed E-state index contributed by atoms with van der Waals surface area (Å²) in [5.74, 6) is 0.497. The Bertz CT molecular complexity index is 1340. The summed E-state index contributed by atoms with van der Waals surface area (Å²) in [6.07, 6.45) is 7.27. The van der Waals surface area contributed by atoms with E-state index in [9.17, 15) is 0 Å². The van der Waals surface area contributed by atoms with Crippen LogP contribution in [-0.4, -0.2) is 36.4 Å². The highest BCUT2D eigenvalue weighted by molar-refractivity contribution is 6.03. The predicted molar refractivity (Wildman–Crippen MR) is 107 cm³/mol. The highest BCUT2D eigenvalue weighted by atomic mass is 19.1. The largest absolute Gasteiger partial charge is 0.372 e. The van der Waals surface area contributed by atoms with E-state index in [0.29, 0.717) is 22.3 Å². The molecule has 1 aromatic carbocycles. The number of hydrogen-bond donors (Lipinski definition) is 2. The minimum Gasteiger partial charge on any atom is -0.372 e. The summed E-state index contributed by atoms with van der Waals surface area (Å²) in [6.45, 7) is 1.80. The van der Waals surface area contributed by atoms with Gasteiger partial charge in [0.1, 0.15) is 17.3 Å². The number of halogens is 1. The molecule has 28 heavy (non-hydrogen) atoms. The number of rotatable bonds is 3. The maximum absolute atomic E-state index is 15.6. The third kappa shape index (κ3) is 2.24. The van der Waals surface area contributed by atoms with Crippen LogP contribution < -0.4 is 5.32 Å². The number of aromatic amines is 1. The summed E-state index contributed by atoms with van der Waals surface area (Å²) in [5, 5.41) is 15.2. The lowest BCUT2D eigenvalue weighted by molar-refractivity contribution is 0.621. The van der Waals surface area contributed by atoms with Gasteiger partial charge in [-0.1, -0.05) is 0 Å². The van der Waals surface area contributed by atoms with E-state index in [0.717, 1.165) is 28.0 Å². The zero-order valence-electron chi connectivity index (χ0n) is 15.7. The fourth-order valence-electron chi connectivity index (χ4n) is 3.77. The molecule has 0 amide bonds. The summed E-state index contributed by atoms with van der Waals surface area (Å²) in [6, 6.07) is 5.68. The SMILES string of the molecule is CNc1cn2cc(-c3c(C)c(F)c(-c4ccnn4C)c4[nH]ncc34)ccc2n1. The van der Waals surface area contributed by atoms with Crippen LogP contribution in [0.5, 0.6) is 0 Å². The van der Waals surface area contributed by atoms with Crippen LogP contribution in [-0.2, 0) is 7.05 Å². The molecule has 8 heteroatoms. The first-order chi connectivity index (χ1) is 13.6.